The molecule has 0 aliphatic carbocycles. The Morgan fingerprint density at radius 1 is 1.24 bits per heavy atom. The molecule has 1 aromatic rings. The van der Waals surface area contributed by atoms with Gasteiger partial charge in [0.25, 0.3) is 0 Å². The third kappa shape index (κ3) is 3.27. The fourth-order valence-corrected chi connectivity index (χ4v) is 5.02. The highest BCUT2D eigenvalue weighted by molar-refractivity contribution is 7.92. The van der Waals surface area contributed by atoms with Crippen LogP contribution in [0, 0.1) is 0 Å². The van der Waals surface area contributed by atoms with E-state index in [1.54, 1.807) is 12.1 Å². The summed E-state index contributed by atoms with van der Waals surface area (Å²) in [6.45, 7) is 0. The summed E-state index contributed by atoms with van der Waals surface area (Å²) in [4.78, 5) is 0. The maximum absolute atomic E-state index is 12.2. The van der Waals surface area contributed by atoms with Gasteiger partial charge in [-0.15, -0.1) is 0 Å². The van der Waals surface area contributed by atoms with Gasteiger partial charge in [0.1, 0.15) is 0 Å². The Kier molecular flexibility index (Phi) is 5.01. The van der Waals surface area contributed by atoms with Crippen molar-refractivity contribution >= 4 is 21.4 Å². The summed E-state index contributed by atoms with van der Waals surface area (Å²) in [6, 6.07) is 2.60. The molecule has 0 spiro atoms. The summed E-state index contributed by atoms with van der Waals surface area (Å²) >= 11 is 6.23. The smallest absolute Gasteiger partial charge is 0.162 e. The van der Waals surface area contributed by atoms with Crippen molar-refractivity contribution in [2.75, 3.05) is 20.0 Å². The monoisotopic (exact) mass is 333 g/mol. The lowest BCUT2D eigenvalue weighted by Gasteiger charge is -2.28. The van der Waals surface area contributed by atoms with Gasteiger partial charge in [0.05, 0.1) is 25.2 Å². The lowest BCUT2D eigenvalue weighted by Crippen LogP contribution is -2.38. The van der Waals surface area contributed by atoms with Crippen LogP contribution in [0.2, 0.25) is 5.02 Å². The Bertz CT molecular complexity index is 618. The molecule has 5 nitrogen and oxygen atoms in total. The van der Waals surface area contributed by atoms with Crippen LogP contribution in [0.15, 0.2) is 12.1 Å². The molecule has 1 aliphatic heterocycles. The van der Waals surface area contributed by atoms with Crippen LogP contribution in [0.4, 0.5) is 0 Å². The molecule has 0 amide bonds. The minimum absolute atomic E-state index is 0.191. The molecule has 0 bridgehead atoms. The largest absolute Gasteiger partial charge is 0.493 e. The number of hydrogen-bond donors (Lipinski definition) is 1. The normalized spacial score (nSPS) is 22.6. The number of halogens is 1. The number of benzene rings is 1. The summed E-state index contributed by atoms with van der Waals surface area (Å²) in [5.74, 6) is 1.17. The number of rotatable bonds is 4. The topological polar surface area (TPSA) is 78.6 Å². The fourth-order valence-electron chi connectivity index (χ4n) is 2.71. The number of methoxy groups -OCH3 is 2. The molecule has 1 aliphatic rings. The van der Waals surface area contributed by atoms with Crippen LogP contribution in [0.1, 0.15) is 30.9 Å². The van der Waals surface area contributed by atoms with E-state index >= 15 is 0 Å². The van der Waals surface area contributed by atoms with Crippen LogP contribution in [-0.2, 0) is 9.84 Å². The van der Waals surface area contributed by atoms with Gasteiger partial charge in [0.2, 0.25) is 0 Å². The second-order valence-electron chi connectivity index (χ2n) is 5.16. The Morgan fingerprint density at radius 3 is 2.43 bits per heavy atom. The SMILES string of the molecule is COc1cc(Cl)c(C(N)C2CCCCS2(=O)=O)cc1OC. The second kappa shape index (κ2) is 6.42. The van der Waals surface area contributed by atoms with Crippen LogP contribution in [0.5, 0.6) is 11.5 Å². The van der Waals surface area contributed by atoms with E-state index in [9.17, 15) is 8.42 Å². The van der Waals surface area contributed by atoms with Gasteiger partial charge in [-0.2, -0.15) is 0 Å². The van der Waals surface area contributed by atoms with Gasteiger partial charge in [0.15, 0.2) is 21.3 Å². The molecule has 1 saturated heterocycles. The average molecular weight is 334 g/mol. The van der Waals surface area contributed by atoms with Crippen LogP contribution in [0.25, 0.3) is 0 Å². The summed E-state index contributed by atoms with van der Waals surface area (Å²) < 4.78 is 34.8. The van der Waals surface area contributed by atoms with E-state index in [1.165, 1.54) is 14.2 Å². The van der Waals surface area contributed by atoms with E-state index in [1.807, 2.05) is 0 Å². The zero-order valence-electron chi connectivity index (χ0n) is 12.1. The third-order valence-electron chi connectivity index (χ3n) is 3.89. The van der Waals surface area contributed by atoms with Gasteiger partial charge in [0, 0.05) is 17.1 Å². The maximum atomic E-state index is 12.2. The second-order valence-corrected chi connectivity index (χ2v) is 7.90. The lowest BCUT2D eigenvalue weighted by atomic mass is 9.99. The Balaban J connectivity index is 2.41. The van der Waals surface area contributed by atoms with Crippen molar-refractivity contribution in [2.45, 2.75) is 30.6 Å². The van der Waals surface area contributed by atoms with Crippen molar-refractivity contribution < 1.29 is 17.9 Å². The number of ether oxygens (including phenoxy) is 2. The summed E-state index contributed by atoms with van der Waals surface area (Å²) in [6.07, 6.45) is 2.13. The first-order valence-corrected chi connectivity index (χ1v) is 8.88. The van der Waals surface area contributed by atoms with Crippen molar-refractivity contribution in [1.29, 1.82) is 0 Å². The molecule has 2 unspecified atom stereocenters. The van der Waals surface area contributed by atoms with Gasteiger partial charge in [-0.05, 0) is 24.5 Å². The third-order valence-corrected chi connectivity index (χ3v) is 6.53. The minimum Gasteiger partial charge on any atom is -0.493 e. The molecule has 1 heterocycles. The summed E-state index contributed by atoms with van der Waals surface area (Å²) in [5.41, 5.74) is 6.78. The molecule has 2 atom stereocenters. The highest BCUT2D eigenvalue weighted by atomic mass is 35.5. The van der Waals surface area contributed by atoms with Gasteiger partial charge in [-0.25, -0.2) is 8.42 Å². The molecule has 0 saturated carbocycles. The quantitative estimate of drug-likeness (QED) is 0.914. The van der Waals surface area contributed by atoms with E-state index in [4.69, 9.17) is 26.8 Å². The molecule has 2 N–H and O–H groups in total. The minimum atomic E-state index is -3.18. The Hall–Kier alpha value is -0.980. The Labute approximate surface area is 130 Å². The molecule has 0 aromatic heterocycles. The fraction of sp³-hybridized carbons (Fsp3) is 0.571. The van der Waals surface area contributed by atoms with E-state index in [0.717, 1.165) is 6.42 Å². The predicted molar refractivity (Wildman–Crippen MR) is 82.9 cm³/mol. The van der Waals surface area contributed by atoms with Gasteiger partial charge in [-0.1, -0.05) is 18.0 Å². The van der Waals surface area contributed by atoms with Crippen molar-refractivity contribution in [3.63, 3.8) is 0 Å². The maximum Gasteiger partial charge on any atom is 0.162 e. The highest BCUT2D eigenvalue weighted by Crippen LogP contribution is 2.38. The zero-order valence-corrected chi connectivity index (χ0v) is 13.7. The van der Waals surface area contributed by atoms with E-state index < -0.39 is 21.1 Å². The zero-order chi connectivity index (χ0) is 15.6. The molecular weight excluding hydrogens is 314 g/mol. The molecule has 118 valence electrons. The van der Waals surface area contributed by atoms with Gasteiger partial charge < -0.3 is 15.2 Å². The number of hydrogen-bond acceptors (Lipinski definition) is 5. The van der Waals surface area contributed by atoms with Gasteiger partial charge in [-0.3, -0.25) is 0 Å². The van der Waals surface area contributed by atoms with Crippen LogP contribution in [0.3, 0.4) is 0 Å². The van der Waals surface area contributed by atoms with Crippen molar-refractivity contribution in [1.82, 2.24) is 0 Å². The Morgan fingerprint density at radius 2 is 1.86 bits per heavy atom. The van der Waals surface area contributed by atoms with Crippen molar-refractivity contribution in [3.05, 3.63) is 22.7 Å². The van der Waals surface area contributed by atoms with E-state index in [2.05, 4.69) is 0 Å². The molecule has 2 rings (SSSR count). The van der Waals surface area contributed by atoms with Crippen LogP contribution in [-0.4, -0.2) is 33.6 Å². The number of sulfone groups is 1. The van der Waals surface area contributed by atoms with Crippen molar-refractivity contribution in [2.24, 2.45) is 5.73 Å². The first-order chi connectivity index (χ1) is 9.90. The summed E-state index contributed by atoms with van der Waals surface area (Å²) in [5, 5.41) is -0.206. The molecular formula is C14H20ClNO4S. The lowest BCUT2D eigenvalue weighted by molar-refractivity contribution is 0.354. The summed E-state index contributed by atoms with van der Waals surface area (Å²) in [7, 11) is -0.153. The highest BCUT2D eigenvalue weighted by Gasteiger charge is 2.35. The van der Waals surface area contributed by atoms with Crippen LogP contribution >= 0.6 is 11.6 Å². The van der Waals surface area contributed by atoms with E-state index in [-0.39, 0.29) is 5.75 Å². The standard InChI is InChI=1S/C14H20ClNO4S/c1-19-11-7-9(10(15)8-12(11)20-2)14(16)13-5-3-4-6-21(13,17)18/h7-8,13-14H,3-6,16H2,1-2H3. The average Bonchev–Trinajstić information content (AvgIpc) is 2.45. The first-order valence-electron chi connectivity index (χ1n) is 6.79. The van der Waals surface area contributed by atoms with E-state index in [0.29, 0.717) is 34.9 Å². The molecule has 7 heteroatoms. The predicted octanol–water partition coefficient (Wildman–Crippen LogP) is 2.32. The molecule has 1 fully saturated rings. The van der Waals surface area contributed by atoms with Gasteiger partial charge >= 0.3 is 0 Å². The molecule has 21 heavy (non-hydrogen) atoms. The molecule has 1 aromatic carbocycles. The molecule has 0 radical (unpaired) electrons. The van der Waals surface area contributed by atoms with Crippen LogP contribution < -0.4 is 15.2 Å². The first kappa shape index (κ1) is 16.4. The van der Waals surface area contributed by atoms with Crippen molar-refractivity contribution in [3.8, 4) is 11.5 Å². The number of nitrogens with two attached hydrogens (primary N) is 1.